The van der Waals surface area contributed by atoms with Gasteiger partial charge < -0.3 is 9.84 Å². The van der Waals surface area contributed by atoms with Crippen LogP contribution in [0.25, 0.3) is 0 Å². The lowest BCUT2D eigenvalue weighted by Gasteiger charge is -2.09. The first-order valence-electron chi connectivity index (χ1n) is 5.85. The van der Waals surface area contributed by atoms with Crippen molar-refractivity contribution in [1.29, 1.82) is 0 Å². The van der Waals surface area contributed by atoms with Crippen molar-refractivity contribution in [3.05, 3.63) is 28.8 Å². The minimum Gasteiger partial charge on any atom is -0.481 e. The van der Waals surface area contributed by atoms with Gasteiger partial charge in [-0.2, -0.15) is 0 Å². The van der Waals surface area contributed by atoms with Gasteiger partial charge in [0.05, 0.1) is 11.5 Å². The van der Waals surface area contributed by atoms with Crippen molar-refractivity contribution in [2.24, 2.45) is 0 Å². The number of sulfonamides is 1. The molecule has 1 aromatic carbocycles. The second-order valence-electron chi connectivity index (χ2n) is 4.12. The Hall–Kier alpha value is -1.15. The first-order valence-corrected chi connectivity index (χ1v) is 7.71. The minimum absolute atomic E-state index is 0.0346. The van der Waals surface area contributed by atoms with E-state index in [0.29, 0.717) is 10.6 Å². The summed E-state index contributed by atoms with van der Waals surface area (Å²) >= 11 is 5.87. The van der Waals surface area contributed by atoms with Gasteiger partial charge in [0.2, 0.25) is 10.0 Å². The molecular weight excluding hydrogens is 306 g/mol. The quantitative estimate of drug-likeness (QED) is 0.710. The molecule has 0 saturated heterocycles. The van der Waals surface area contributed by atoms with E-state index in [4.69, 9.17) is 21.4 Å². The van der Waals surface area contributed by atoms with Crippen LogP contribution < -0.4 is 4.72 Å². The summed E-state index contributed by atoms with van der Waals surface area (Å²) in [4.78, 5) is 10.4. The van der Waals surface area contributed by atoms with Crippen LogP contribution in [-0.2, 0) is 26.2 Å². The molecule has 1 rings (SSSR count). The molecule has 0 unspecified atom stereocenters. The van der Waals surface area contributed by atoms with E-state index in [-0.39, 0.29) is 30.9 Å². The highest BCUT2D eigenvalue weighted by atomic mass is 35.5. The minimum atomic E-state index is -3.70. The number of benzene rings is 1. The van der Waals surface area contributed by atoms with Gasteiger partial charge in [-0.1, -0.05) is 11.6 Å². The summed E-state index contributed by atoms with van der Waals surface area (Å²) in [6, 6.07) is 4.42. The molecule has 0 amide bonds. The Kier molecular flexibility index (Phi) is 6.41. The van der Waals surface area contributed by atoms with E-state index in [2.05, 4.69) is 4.72 Å². The molecule has 0 aliphatic heterocycles. The zero-order valence-corrected chi connectivity index (χ0v) is 12.5. The van der Waals surface area contributed by atoms with Crippen molar-refractivity contribution in [3.63, 3.8) is 0 Å². The van der Waals surface area contributed by atoms with Crippen molar-refractivity contribution in [1.82, 2.24) is 4.72 Å². The SMILES string of the molecule is COCc1cc(Cl)cc(S(=O)(=O)NCCCC(=O)O)c1. The van der Waals surface area contributed by atoms with E-state index in [0.717, 1.165) is 0 Å². The summed E-state index contributed by atoms with van der Waals surface area (Å²) in [7, 11) is -2.21. The highest BCUT2D eigenvalue weighted by Gasteiger charge is 2.15. The van der Waals surface area contributed by atoms with Crippen molar-refractivity contribution in [2.75, 3.05) is 13.7 Å². The summed E-state index contributed by atoms with van der Waals surface area (Å²) in [6.07, 6.45) is 0.132. The molecule has 0 spiro atoms. The van der Waals surface area contributed by atoms with Gasteiger partial charge >= 0.3 is 5.97 Å². The van der Waals surface area contributed by atoms with Gasteiger partial charge in [-0.3, -0.25) is 4.79 Å². The van der Waals surface area contributed by atoms with Gasteiger partial charge in [-0.25, -0.2) is 13.1 Å². The fourth-order valence-corrected chi connectivity index (χ4v) is 3.05. The van der Waals surface area contributed by atoms with Crippen LogP contribution in [0.3, 0.4) is 0 Å². The molecule has 0 aliphatic carbocycles. The molecule has 0 radical (unpaired) electrons. The Balaban J connectivity index is 2.78. The molecule has 1 aromatic rings. The van der Waals surface area contributed by atoms with Crippen LogP contribution in [0.1, 0.15) is 18.4 Å². The van der Waals surface area contributed by atoms with Crippen LogP contribution >= 0.6 is 11.6 Å². The van der Waals surface area contributed by atoms with Gasteiger partial charge in [-0.15, -0.1) is 0 Å². The molecule has 8 heteroatoms. The number of nitrogens with one attached hydrogen (secondary N) is 1. The van der Waals surface area contributed by atoms with Crippen LogP contribution in [-0.4, -0.2) is 33.1 Å². The third-order valence-corrected chi connectivity index (χ3v) is 4.07. The number of ether oxygens (including phenoxy) is 1. The molecule has 20 heavy (non-hydrogen) atoms. The van der Waals surface area contributed by atoms with Crippen molar-refractivity contribution < 1.29 is 23.1 Å². The molecule has 6 nitrogen and oxygen atoms in total. The van der Waals surface area contributed by atoms with Crippen LogP contribution in [0.5, 0.6) is 0 Å². The fourth-order valence-electron chi connectivity index (χ4n) is 1.56. The summed E-state index contributed by atoms with van der Waals surface area (Å²) in [6.45, 7) is 0.308. The Morgan fingerprint density at radius 2 is 2.10 bits per heavy atom. The van der Waals surface area contributed by atoms with Gasteiger partial charge in [0.1, 0.15) is 0 Å². The maximum atomic E-state index is 12.0. The van der Waals surface area contributed by atoms with Crippen molar-refractivity contribution in [2.45, 2.75) is 24.3 Å². The lowest BCUT2D eigenvalue weighted by Crippen LogP contribution is -2.25. The number of carboxylic acid groups (broad SMARTS) is 1. The van der Waals surface area contributed by atoms with Gasteiger partial charge in [0.25, 0.3) is 0 Å². The van der Waals surface area contributed by atoms with Crippen molar-refractivity contribution in [3.8, 4) is 0 Å². The van der Waals surface area contributed by atoms with Crippen LogP contribution in [0, 0.1) is 0 Å². The second-order valence-corrected chi connectivity index (χ2v) is 6.33. The molecule has 0 aliphatic rings. The number of hydrogen-bond acceptors (Lipinski definition) is 4. The second kappa shape index (κ2) is 7.58. The van der Waals surface area contributed by atoms with E-state index in [1.54, 1.807) is 6.07 Å². The standard InChI is InChI=1S/C12H16ClNO5S/c1-19-8-9-5-10(13)7-11(6-9)20(17,18)14-4-2-3-12(15)16/h5-7,14H,2-4,8H2,1H3,(H,15,16). The Bertz CT molecular complexity index is 573. The predicted molar refractivity (Wildman–Crippen MR) is 74.2 cm³/mol. The van der Waals surface area contributed by atoms with Gasteiger partial charge in [0.15, 0.2) is 0 Å². The zero-order valence-electron chi connectivity index (χ0n) is 10.9. The average molecular weight is 322 g/mol. The monoisotopic (exact) mass is 321 g/mol. The third-order valence-electron chi connectivity index (χ3n) is 2.41. The number of hydrogen-bond donors (Lipinski definition) is 2. The maximum absolute atomic E-state index is 12.0. The summed E-state index contributed by atoms with van der Waals surface area (Å²) in [5.74, 6) is -0.964. The fraction of sp³-hybridized carbons (Fsp3) is 0.417. The first kappa shape index (κ1) is 16.9. The molecule has 0 heterocycles. The highest BCUT2D eigenvalue weighted by molar-refractivity contribution is 7.89. The largest absolute Gasteiger partial charge is 0.481 e. The molecular formula is C12H16ClNO5S. The van der Waals surface area contributed by atoms with Gasteiger partial charge in [-0.05, 0) is 30.2 Å². The Morgan fingerprint density at radius 1 is 1.40 bits per heavy atom. The molecule has 112 valence electrons. The van der Waals surface area contributed by atoms with Crippen molar-refractivity contribution >= 4 is 27.6 Å². The molecule has 0 bridgehead atoms. The molecule has 2 N–H and O–H groups in total. The normalized spacial score (nSPS) is 11.5. The maximum Gasteiger partial charge on any atom is 0.303 e. The number of methoxy groups -OCH3 is 1. The number of halogens is 1. The first-order chi connectivity index (χ1) is 9.35. The van der Waals surface area contributed by atoms with Gasteiger partial charge in [0, 0.05) is 25.1 Å². The van der Waals surface area contributed by atoms with Crippen LogP contribution in [0.4, 0.5) is 0 Å². The Morgan fingerprint density at radius 3 is 2.70 bits per heavy atom. The van der Waals surface area contributed by atoms with E-state index in [1.165, 1.54) is 19.2 Å². The summed E-state index contributed by atoms with van der Waals surface area (Å²) in [5, 5.41) is 8.78. The van der Waals surface area contributed by atoms with E-state index in [1.807, 2.05) is 0 Å². The lowest BCUT2D eigenvalue weighted by molar-refractivity contribution is -0.137. The number of aliphatic carboxylic acids is 1. The lowest BCUT2D eigenvalue weighted by atomic mass is 10.2. The molecule has 0 fully saturated rings. The Labute approximate surface area is 122 Å². The smallest absolute Gasteiger partial charge is 0.303 e. The summed E-state index contributed by atoms with van der Waals surface area (Å²) in [5.41, 5.74) is 0.644. The van der Waals surface area contributed by atoms with E-state index in [9.17, 15) is 13.2 Å². The third kappa shape index (κ3) is 5.46. The predicted octanol–water partition coefficient (Wildman–Crippen LogP) is 1.63. The van der Waals surface area contributed by atoms with E-state index < -0.39 is 16.0 Å². The average Bonchev–Trinajstić information content (AvgIpc) is 2.34. The highest BCUT2D eigenvalue weighted by Crippen LogP contribution is 2.19. The zero-order chi connectivity index (χ0) is 15.2. The number of rotatable bonds is 8. The number of carboxylic acids is 1. The van der Waals surface area contributed by atoms with Crippen LogP contribution in [0.15, 0.2) is 23.1 Å². The topological polar surface area (TPSA) is 92.7 Å². The molecule has 0 aromatic heterocycles. The number of carbonyl (C=O) groups is 1. The summed E-state index contributed by atoms with van der Waals surface area (Å²) < 4.78 is 31.3. The molecule has 0 atom stereocenters. The van der Waals surface area contributed by atoms with E-state index >= 15 is 0 Å². The van der Waals surface area contributed by atoms with Crippen LogP contribution in [0.2, 0.25) is 5.02 Å². The molecule has 0 saturated carbocycles.